The van der Waals surface area contributed by atoms with E-state index in [9.17, 15) is 0 Å². The van der Waals surface area contributed by atoms with Gasteiger partial charge in [0.2, 0.25) is 0 Å². The van der Waals surface area contributed by atoms with Crippen LogP contribution >= 0.6 is 0 Å². The van der Waals surface area contributed by atoms with Crippen molar-refractivity contribution in [1.82, 2.24) is 0 Å². The highest BCUT2D eigenvalue weighted by molar-refractivity contribution is 5.09. The van der Waals surface area contributed by atoms with Gasteiger partial charge in [0.25, 0.3) is 0 Å². The summed E-state index contributed by atoms with van der Waals surface area (Å²) in [5.74, 6) is 0. The van der Waals surface area contributed by atoms with Crippen molar-refractivity contribution in [1.29, 1.82) is 0 Å². The van der Waals surface area contributed by atoms with Crippen LogP contribution in [0.2, 0.25) is 0 Å². The number of hydrogen-bond donors (Lipinski definition) is 1. The molecule has 0 spiro atoms. The molecule has 2 N–H and O–H groups in total. The number of ether oxygens (including phenoxy) is 1. The van der Waals surface area contributed by atoms with Crippen LogP contribution in [-0.2, 0) is 11.2 Å². The van der Waals surface area contributed by atoms with Gasteiger partial charge in [-0.2, -0.15) is 0 Å². The molecule has 14 heavy (non-hydrogen) atoms. The molecule has 3 nitrogen and oxygen atoms in total. The normalized spacial score (nSPS) is 20.9. The predicted octanol–water partition coefficient (Wildman–Crippen LogP) is 1.58. The molecule has 1 aliphatic rings. The molecule has 1 aromatic heterocycles. The van der Waals surface area contributed by atoms with E-state index in [0.29, 0.717) is 0 Å². The van der Waals surface area contributed by atoms with E-state index >= 15 is 0 Å². The maximum Gasteiger partial charge on any atom is 0.0934 e. The lowest BCUT2D eigenvalue weighted by Crippen LogP contribution is -2.38. The second-order valence-electron chi connectivity index (χ2n) is 4.12. The predicted molar refractivity (Wildman–Crippen MR) is 54.0 cm³/mol. The molecule has 2 heterocycles. The summed E-state index contributed by atoms with van der Waals surface area (Å²) >= 11 is 0. The number of nitrogens with two attached hydrogens (primary N) is 1. The highest BCUT2D eigenvalue weighted by Crippen LogP contribution is 2.33. The van der Waals surface area contributed by atoms with Crippen molar-refractivity contribution in [2.24, 2.45) is 11.1 Å². The van der Waals surface area contributed by atoms with Crippen molar-refractivity contribution in [2.75, 3.05) is 19.8 Å². The first-order valence-electron chi connectivity index (χ1n) is 5.14. The van der Waals surface area contributed by atoms with Gasteiger partial charge >= 0.3 is 0 Å². The van der Waals surface area contributed by atoms with E-state index in [1.807, 2.05) is 12.3 Å². The Morgan fingerprint density at radius 1 is 1.36 bits per heavy atom. The van der Waals surface area contributed by atoms with Gasteiger partial charge in [0.05, 0.1) is 12.5 Å². The second kappa shape index (κ2) is 4.15. The van der Waals surface area contributed by atoms with Gasteiger partial charge in [0.15, 0.2) is 0 Å². The van der Waals surface area contributed by atoms with E-state index < -0.39 is 0 Å². The highest BCUT2D eigenvalue weighted by Gasteiger charge is 2.31. The minimum absolute atomic E-state index is 0.238. The summed E-state index contributed by atoms with van der Waals surface area (Å²) in [4.78, 5) is 0. The third-order valence-corrected chi connectivity index (χ3v) is 3.15. The molecule has 2 rings (SSSR count). The lowest BCUT2D eigenvalue weighted by molar-refractivity contribution is 0.0191. The van der Waals surface area contributed by atoms with Gasteiger partial charge in [0, 0.05) is 13.2 Å². The molecule has 0 radical (unpaired) electrons. The molecular weight excluding hydrogens is 178 g/mol. The Bertz CT molecular complexity index is 263. The summed E-state index contributed by atoms with van der Waals surface area (Å²) in [7, 11) is 0. The minimum atomic E-state index is 0.238. The van der Waals surface area contributed by atoms with Gasteiger partial charge in [0.1, 0.15) is 0 Å². The lowest BCUT2D eigenvalue weighted by Gasteiger charge is -2.35. The summed E-state index contributed by atoms with van der Waals surface area (Å²) in [5, 5.41) is 0. The monoisotopic (exact) mass is 195 g/mol. The Morgan fingerprint density at radius 3 is 2.71 bits per heavy atom. The first kappa shape index (κ1) is 9.74. The molecule has 1 saturated heterocycles. The summed E-state index contributed by atoms with van der Waals surface area (Å²) in [6.07, 6.45) is 6.68. The van der Waals surface area contributed by atoms with Crippen LogP contribution in [0.15, 0.2) is 23.0 Å². The smallest absolute Gasteiger partial charge is 0.0934 e. The molecule has 1 aromatic rings. The molecule has 0 unspecified atom stereocenters. The van der Waals surface area contributed by atoms with E-state index in [2.05, 4.69) is 0 Å². The van der Waals surface area contributed by atoms with Crippen LogP contribution in [0.1, 0.15) is 18.4 Å². The second-order valence-corrected chi connectivity index (χ2v) is 4.12. The van der Waals surface area contributed by atoms with Gasteiger partial charge in [-0.3, -0.25) is 0 Å². The van der Waals surface area contributed by atoms with E-state index in [1.165, 1.54) is 5.56 Å². The molecule has 0 aliphatic carbocycles. The minimum Gasteiger partial charge on any atom is -0.472 e. The molecule has 0 amide bonds. The van der Waals surface area contributed by atoms with Crippen LogP contribution in [-0.4, -0.2) is 19.8 Å². The zero-order chi connectivity index (χ0) is 9.86. The molecule has 78 valence electrons. The van der Waals surface area contributed by atoms with Gasteiger partial charge in [-0.05, 0) is 42.9 Å². The van der Waals surface area contributed by atoms with Crippen LogP contribution in [0, 0.1) is 5.41 Å². The molecule has 0 atom stereocenters. The molecule has 1 fully saturated rings. The number of hydrogen-bond acceptors (Lipinski definition) is 3. The van der Waals surface area contributed by atoms with Gasteiger partial charge < -0.3 is 14.9 Å². The van der Waals surface area contributed by atoms with E-state index in [1.54, 1.807) is 6.26 Å². The van der Waals surface area contributed by atoms with E-state index in [-0.39, 0.29) is 5.41 Å². The Hall–Kier alpha value is -0.800. The van der Waals surface area contributed by atoms with E-state index in [4.69, 9.17) is 14.9 Å². The third-order valence-electron chi connectivity index (χ3n) is 3.15. The average Bonchev–Trinajstić information content (AvgIpc) is 2.72. The van der Waals surface area contributed by atoms with Gasteiger partial charge in [-0.1, -0.05) is 0 Å². The van der Waals surface area contributed by atoms with Crippen LogP contribution in [0.3, 0.4) is 0 Å². The average molecular weight is 195 g/mol. The molecule has 1 aliphatic heterocycles. The maximum atomic E-state index is 5.87. The third kappa shape index (κ3) is 1.99. The summed E-state index contributed by atoms with van der Waals surface area (Å²) < 4.78 is 10.4. The fraction of sp³-hybridized carbons (Fsp3) is 0.636. The van der Waals surface area contributed by atoms with Gasteiger partial charge in [-0.15, -0.1) is 0 Å². The quantitative estimate of drug-likeness (QED) is 0.796. The van der Waals surface area contributed by atoms with Crippen molar-refractivity contribution in [3.05, 3.63) is 24.2 Å². The first-order valence-corrected chi connectivity index (χ1v) is 5.14. The van der Waals surface area contributed by atoms with Crippen molar-refractivity contribution in [3.8, 4) is 0 Å². The van der Waals surface area contributed by atoms with Crippen molar-refractivity contribution < 1.29 is 9.15 Å². The highest BCUT2D eigenvalue weighted by atomic mass is 16.5. The standard InChI is InChI=1S/C11H17NO2/c12-9-11(2-5-13-6-3-11)7-10-1-4-14-8-10/h1,4,8H,2-3,5-7,9,12H2. The fourth-order valence-corrected chi connectivity index (χ4v) is 2.08. The molecular formula is C11H17NO2. The fourth-order valence-electron chi connectivity index (χ4n) is 2.08. The van der Waals surface area contributed by atoms with Crippen LogP contribution in [0.4, 0.5) is 0 Å². The number of furan rings is 1. The number of rotatable bonds is 3. The first-order chi connectivity index (χ1) is 6.85. The maximum absolute atomic E-state index is 5.87. The molecule has 0 bridgehead atoms. The Balaban J connectivity index is 2.04. The van der Waals surface area contributed by atoms with Crippen LogP contribution in [0.25, 0.3) is 0 Å². The van der Waals surface area contributed by atoms with Gasteiger partial charge in [-0.25, -0.2) is 0 Å². The van der Waals surface area contributed by atoms with Crippen molar-refractivity contribution in [2.45, 2.75) is 19.3 Å². The van der Waals surface area contributed by atoms with Crippen LogP contribution < -0.4 is 5.73 Å². The van der Waals surface area contributed by atoms with Crippen LogP contribution in [0.5, 0.6) is 0 Å². The molecule has 0 saturated carbocycles. The SMILES string of the molecule is NCC1(Cc2ccoc2)CCOCC1. The van der Waals surface area contributed by atoms with Crippen molar-refractivity contribution in [3.63, 3.8) is 0 Å². The van der Waals surface area contributed by atoms with Crippen molar-refractivity contribution >= 4 is 0 Å². The Kier molecular flexibility index (Phi) is 2.89. The Labute approximate surface area is 84.2 Å². The lowest BCUT2D eigenvalue weighted by atomic mass is 9.76. The largest absolute Gasteiger partial charge is 0.472 e. The zero-order valence-corrected chi connectivity index (χ0v) is 8.37. The summed E-state index contributed by atoms with van der Waals surface area (Å²) in [6.45, 7) is 2.42. The Morgan fingerprint density at radius 2 is 2.14 bits per heavy atom. The summed E-state index contributed by atoms with van der Waals surface area (Å²) in [5.41, 5.74) is 7.35. The molecule has 3 heteroatoms. The topological polar surface area (TPSA) is 48.4 Å². The molecule has 0 aromatic carbocycles. The zero-order valence-electron chi connectivity index (χ0n) is 8.37. The van der Waals surface area contributed by atoms with E-state index in [0.717, 1.165) is 39.0 Å². The summed E-state index contributed by atoms with van der Waals surface area (Å²) in [6, 6.07) is 2.02.